The lowest BCUT2D eigenvalue weighted by molar-refractivity contribution is 0.649. The first-order chi connectivity index (χ1) is 11.5. The van der Waals surface area contributed by atoms with E-state index in [-0.39, 0.29) is 0 Å². The fourth-order valence-corrected chi connectivity index (χ4v) is 3.17. The molecule has 0 aromatic carbocycles. The molecule has 3 nitrogen and oxygen atoms in total. The summed E-state index contributed by atoms with van der Waals surface area (Å²) in [5.74, 6) is 0.449. The van der Waals surface area contributed by atoms with Gasteiger partial charge in [0.2, 0.25) is 0 Å². The zero-order chi connectivity index (χ0) is 17.3. The first-order valence-electron chi connectivity index (χ1n) is 8.94. The number of aryl methyl sites for hydroxylation is 3. The predicted octanol–water partition coefficient (Wildman–Crippen LogP) is 5.64. The predicted molar refractivity (Wildman–Crippen MR) is 101 cm³/mol. The molecule has 0 aliphatic heterocycles. The SMILES string of the molecule is CCCCn1cc(C)c2nc(-c3ccc(C(C)C)nc3)c(C)cc21. The molecule has 0 bridgehead atoms. The van der Waals surface area contributed by atoms with Crippen LogP contribution in [0.3, 0.4) is 0 Å². The van der Waals surface area contributed by atoms with Gasteiger partial charge in [-0.05, 0) is 55.5 Å². The molecule has 24 heavy (non-hydrogen) atoms. The van der Waals surface area contributed by atoms with Gasteiger partial charge >= 0.3 is 0 Å². The topological polar surface area (TPSA) is 30.7 Å². The first kappa shape index (κ1) is 16.7. The molecule has 0 spiro atoms. The van der Waals surface area contributed by atoms with Crippen molar-refractivity contribution in [3.05, 3.63) is 47.4 Å². The summed E-state index contributed by atoms with van der Waals surface area (Å²) in [6, 6.07) is 6.54. The highest BCUT2D eigenvalue weighted by Crippen LogP contribution is 2.28. The second kappa shape index (κ2) is 6.76. The van der Waals surface area contributed by atoms with E-state index < -0.39 is 0 Å². The second-order valence-corrected chi connectivity index (χ2v) is 7.01. The van der Waals surface area contributed by atoms with Gasteiger partial charge in [0.05, 0.1) is 16.7 Å². The van der Waals surface area contributed by atoms with E-state index in [0.717, 1.165) is 29.0 Å². The Bertz CT molecular complexity index is 842. The minimum Gasteiger partial charge on any atom is -0.346 e. The minimum absolute atomic E-state index is 0.449. The normalized spacial score (nSPS) is 11.6. The van der Waals surface area contributed by atoms with E-state index in [1.54, 1.807) is 0 Å². The van der Waals surface area contributed by atoms with Crippen LogP contribution in [-0.2, 0) is 6.54 Å². The number of hydrogen-bond donors (Lipinski definition) is 0. The molecule has 0 aliphatic carbocycles. The molecule has 0 amide bonds. The number of rotatable bonds is 5. The summed E-state index contributed by atoms with van der Waals surface area (Å²) < 4.78 is 2.35. The molecule has 3 rings (SSSR count). The number of unbranched alkanes of at least 4 members (excludes halogenated alkanes) is 1. The van der Waals surface area contributed by atoms with Gasteiger partial charge in [0.25, 0.3) is 0 Å². The van der Waals surface area contributed by atoms with Crippen LogP contribution < -0.4 is 0 Å². The summed E-state index contributed by atoms with van der Waals surface area (Å²) >= 11 is 0. The average molecular weight is 321 g/mol. The molecule has 0 N–H and O–H groups in total. The molecule has 3 aromatic heterocycles. The van der Waals surface area contributed by atoms with Crippen molar-refractivity contribution in [1.29, 1.82) is 0 Å². The van der Waals surface area contributed by atoms with Crippen LogP contribution in [0.4, 0.5) is 0 Å². The smallest absolute Gasteiger partial charge is 0.0917 e. The Hall–Kier alpha value is -2.16. The monoisotopic (exact) mass is 321 g/mol. The number of aromatic nitrogens is 3. The Morgan fingerprint density at radius 1 is 1.12 bits per heavy atom. The quantitative estimate of drug-likeness (QED) is 0.609. The molecule has 0 aliphatic rings. The highest BCUT2D eigenvalue weighted by atomic mass is 15.0. The summed E-state index contributed by atoms with van der Waals surface area (Å²) in [5, 5.41) is 0. The standard InChI is InChI=1S/C21H27N3/c1-6-7-10-24-13-16(5)21-19(24)11-15(4)20(23-21)17-8-9-18(14(2)3)22-12-17/h8-9,11-14H,6-7,10H2,1-5H3. The molecule has 0 saturated carbocycles. The second-order valence-electron chi connectivity index (χ2n) is 7.01. The lowest BCUT2D eigenvalue weighted by atomic mass is 10.0. The van der Waals surface area contributed by atoms with Gasteiger partial charge in [-0.25, -0.2) is 4.98 Å². The maximum absolute atomic E-state index is 4.99. The van der Waals surface area contributed by atoms with Crippen molar-refractivity contribution in [2.24, 2.45) is 0 Å². The summed E-state index contributed by atoms with van der Waals surface area (Å²) in [4.78, 5) is 9.59. The third kappa shape index (κ3) is 3.08. The van der Waals surface area contributed by atoms with E-state index in [0.29, 0.717) is 5.92 Å². The zero-order valence-corrected chi connectivity index (χ0v) is 15.4. The number of nitrogens with zero attached hydrogens (tertiary/aromatic N) is 3. The van der Waals surface area contributed by atoms with Crippen LogP contribution in [0.1, 0.15) is 56.4 Å². The van der Waals surface area contributed by atoms with E-state index in [9.17, 15) is 0 Å². The van der Waals surface area contributed by atoms with Gasteiger partial charge in [-0.1, -0.05) is 27.2 Å². The van der Waals surface area contributed by atoms with Crippen LogP contribution >= 0.6 is 0 Å². The van der Waals surface area contributed by atoms with E-state index in [2.05, 4.69) is 68.6 Å². The third-order valence-electron chi connectivity index (χ3n) is 4.63. The maximum atomic E-state index is 4.99. The maximum Gasteiger partial charge on any atom is 0.0917 e. The molecule has 3 aromatic rings. The van der Waals surface area contributed by atoms with Crippen molar-refractivity contribution >= 4 is 11.0 Å². The van der Waals surface area contributed by atoms with Gasteiger partial charge in [0.1, 0.15) is 0 Å². The molecule has 3 heterocycles. The van der Waals surface area contributed by atoms with Crippen LogP contribution in [0.5, 0.6) is 0 Å². The van der Waals surface area contributed by atoms with Crippen molar-refractivity contribution in [2.45, 2.75) is 59.9 Å². The van der Waals surface area contributed by atoms with Crippen LogP contribution in [0, 0.1) is 13.8 Å². The largest absolute Gasteiger partial charge is 0.346 e. The minimum atomic E-state index is 0.449. The van der Waals surface area contributed by atoms with E-state index in [1.165, 1.54) is 29.5 Å². The molecule has 0 unspecified atom stereocenters. The summed E-state index contributed by atoms with van der Waals surface area (Å²) in [5.41, 5.74) is 8.07. The average Bonchev–Trinajstić information content (AvgIpc) is 2.87. The Morgan fingerprint density at radius 3 is 2.54 bits per heavy atom. The number of fused-ring (bicyclic) bond motifs is 1. The van der Waals surface area contributed by atoms with E-state index in [4.69, 9.17) is 4.98 Å². The molecule has 126 valence electrons. The molecular formula is C21H27N3. The summed E-state index contributed by atoms with van der Waals surface area (Å²) in [7, 11) is 0. The first-order valence-corrected chi connectivity index (χ1v) is 8.94. The molecular weight excluding hydrogens is 294 g/mol. The Labute approximate surface area is 144 Å². The fraction of sp³-hybridized carbons (Fsp3) is 0.429. The molecule has 0 saturated heterocycles. The Morgan fingerprint density at radius 2 is 1.92 bits per heavy atom. The van der Waals surface area contributed by atoms with Gasteiger partial charge in [-0.15, -0.1) is 0 Å². The molecule has 0 atom stereocenters. The van der Waals surface area contributed by atoms with Gasteiger partial charge in [0, 0.05) is 30.2 Å². The molecule has 0 fully saturated rings. The zero-order valence-electron chi connectivity index (χ0n) is 15.4. The summed E-state index contributed by atoms with van der Waals surface area (Å²) in [6.07, 6.45) is 6.60. The highest BCUT2D eigenvalue weighted by molar-refractivity contribution is 5.84. The van der Waals surface area contributed by atoms with E-state index >= 15 is 0 Å². The Kier molecular flexibility index (Phi) is 4.70. The van der Waals surface area contributed by atoms with Gasteiger partial charge in [0.15, 0.2) is 0 Å². The van der Waals surface area contributed by atoms with Crippen molar-refractivity contribution < 1.29 is 0 Å². The summed E-state index contributed by atoms with van der Waals surface area (Å²) in [6.45, 7) is 11.9. The lowest BCUT2D eigenvalue weighted by Gasteiger charge is -2.10. The van der Waals surface area contributed by atoms with Crippen LogP contribution in [-0.4, -0.2) is 14.5 Å². The molecule has 3 heteroatoms. The molecule has 0 radical (unpaired) electrons. The van der Waals surface area contributed by atoms with Crippen molar-refractivity contribution in [1.82, 2.24) is 14.5 Å². The van der Waals surface area contributed by atoms with Crippen molar-refractivity contribution in [3.63, 3.8) is 0 Å². The Balaban J connectivity index is 2.06. The van der Waals surface area contributed by atoms with Gasteiger partial charge in [-0.3, -0.25) is 4.98 Å². The van der Waals surface area contributed by atoms with Crippen LogP contribution in [0.2, 0.25) is 0 Å². The lowest BCUT2D eigenvalue weighted by Crippen LogP contribution is -1.98. The fourth-order valence-electron chi connectivity index (χ4n) is 3.17. The number of hydrogen-bond acceptors (Lipinski definition) is 2. The van der Waals surface area contributed by atoms with Crippen molar-refractivity contribution in [2.75, 3.05) is 0 Å². The van der Waals surface area contributed by atoms with Gasteiger partial charge < -0.3 is 4.57 Å². The highest BCUT2D eigenvalue weighted by Gasteiger charge is 2.12. The third-order valence-corrected chi connectivity index (χ3v) is 4.63. The van der Waals surface area contributed by atoms with Crippen LogP contribution in [0.25, 0.3) is 22.3 Å². The van der Waals surface area contributed by atoms with Crippen molar-refractivity contribution in [3.8, 4) is 11.3 Å². The number of pyridine rings is 2. The van der Waals surface area contributed by atoms with Crippen LogP contribution in [0.15, 0.2) is 30.6 Å². The van der Waals surface area contributed by atoms with E-state index in [1.807, 2.05) is 6.20 Å². The van der Waals surface area contributed by atoms with Gasteiger partial charge in [-0.2, -0.15) is 0 Å².